The molecule has 0 heterocycles. The van der Waals surface area contributed by atoms with Gasteiger partial charge in [0.25, 0.3) is 0 Å². The largest absolute Gasteiger partial charge is 0.380 e. The first-order valence-corrected chi connectivity index (χ1v) is 6.46. The first-order chi connectivity index (χ1) is 8.63. The number of hydrogen-bond acceptors (Lipinski definition) is 2. The molecule has 3 heteroatoms. The van der Waals surface area contributed by atoms with Crippen molar-refractivity contribution in [1.82, 2.24) is 5.32 Å². The van der Waals surface area contributed by atoms with Crippen molar-refractivity contribution in [2.45, 2.75) is 39.8 Å². The molecule has 0 aromatic heterocycles. The Morgan fingerprint density at radius 2 is 1.94 bits per heavy atom. The van der Waals surface area contributed by atoms with Gasteiger partial charge in [-0.3, -0.25) is 4.79 Å². The lowest BCUT2D eigenvalue weighted by Crippen LogP contribution is -2.23. The van der Waals surface area contributed by atoms with Gasteiger partial charge in [0.2, 0.25) is 5.91 Å². The second-order valence-electron chi connectivity index (χ2n) is 4.91. The average molecular weight is 249 g/mol. The van der Waals surface area contributed by atoms with Crippen LogP contribution in [0.15, 0.2) is 24.3 Å². The van der Waals surface area contributed by atoms with Crippen LogP contribution in [0.2, 0.25) is 0 Å². The predicted molar refractivity (Wildman–Crippen MR) is 73.1 cm³/mol. The van der Waals surface area contributed by atoms with Crippen LogP contribution in [0.5, 0.6) is 0 Å². The van der Waals surface area contributed by atoms with Gasteiger partial charge in [-0.25, -0.2) is 0 Å². The highest BCUT2D eigenvalue weighted by Crippen LogP contribution is 2.10. The topological polar surface area (TPSA) is 38.3 Å². The van der Waals surface area contributed by atoms with Gasteiger partial charge >= 0.3 is 0 Å². The molecule has 0 aliphatic rings. The molecule has 18 heavy (non-hydrogen) atoms. The Morgan fingerprint density at radius 1 is 1.28 bits per heavy atom. The molecule has 0 unspecified atom stereocenters. The molecule has 100 valence electrons. The molecule has 0 saturated heterocycles. The van der Waals surface area contributed by atoms with Crippen molar-refractivity contribution in [1.29, 1.82) is 0 Å². The highest BCUT2D eigenvalue weighted by atomic mass is 16.5. The van der Waals surface area contributed by atoms with Crippen molar-refractivity contribution in [3.05, 3.63) is 35.4 Å². The van der Waals surface area contributed by atoms with E-state index in [4.69, 9.17) is 4.74 Å². The minimum absolute atomic E-state index is 0.121. The second kappa shape index (κ2) is 7.88. The summed E-state index contributed by atoms with van der Waals surface area (Å²) in [6, 6.07) is 8.02. The van der Waals surface area contributed by atoms with Crippen LogP contribution in [0.4, 0.5) is 0 Å². The Balaban J connectivity index is 2.45. The average Bonchev–Trinajstić information content (AvgIpc) is 2.35. The van der Waals surface area contributed by atoms with E-state index >= 15 is 0 Å². The van der Waals surface area contributed by atoms with Gasteiger partial charge in [-0.1, -0.05) is 38.1 Å². The van der Waals surface area contributed by atoms with Gasteiger partial charge in [-0.2, -0.15) is 0 Å². The molecule has 0 bridgehead atoms. The van der Waals surface area contributed by atoms with Crippen LogP contribution in [0.3, 0.4) is 0 Å². The Labute approximate surface area is 110 Å². The maximum absolute atomic E-state index is 11.6. The third-order valence-electron chi connectivity index (χ3n) is 2.84. The maximum Gasteiger partial charge on any atom is 0.220 e. The number of carbonyl (C=O) groups is 1. The number of hydrogen-bond donors (Lipinski definition) is 1. The van der Waals surface area contributed by atoms with Crippen molar-refractivity contribution in [3.63, 3.8) is 0 Å². The van der Waals surface area contributed by atoms with E-state index in [1.807, 2.05) is 24.3 Å². The van der Waals surface area contributed by atoms with Crippen LogP contribution in [0.1, 0.15) is 37.8 Å². The molecule has 1 amide bonds. The Morgan fingerprint density at radius 3 is 2.56 bits per heavy atom. The lowest BCUT2D eigenvalue weighted by atomic mass is 10.1. The normalized spacial score (nSPS) is 10.7. The van der Waals surface area contributed by atoms with Crippen LogP contribution in [-0.4, -0.2) is 13.0 Å². The van der Waals surface area contributed by atoms with E-state index in [1.165, 1.54) is 0 Å². The van der Waals surface area contributed by atoms with Gasteiger partial charge in [0, 0.05) is 20.1 Å². The molecule has 0 spiro atoms. The Hall–Kier alpha value is -1.35. The fourth-order valence-corrected chi connectivity index (χ4v) is 1.73. The first-order valence-electron chi connectivity index (χ1n) is 6.46. The molecular formula is C15H23NO2. The quantitative estimate of drug-likeness (QED) is 0.807. The standard InChI is InChI=1S/C15H23NO2/c1-12(2)8-9-15(17)16-10-13-6-4-5-7-14(13)11-18-3/h4-7,12H,8-11H2,1-3H3,(H,16,17). The van der Waals surface area contributed by atoms with Gasteiger partial charge in [0.15, 0.2) is 0 Å². The third kappa shape index (κ3) is 5.32. The fourth-order valence-electron chi connectivity index (χ4n) is 1.73. The summed E-state index contributed by atoms with van der Waals surface area (Å²) < 4.78 is 5.14. The zero-order valence-electron chi connectivity index (χ0n) is 11.5. The summed E-state index contributed by atoms with van der Waals surface area (Å²) in [7, 11) is 1.68. The van der Waals surface area contributed by atoms with E-state index in [9.17, 15) is 4.79 Å². The molecule has 0 aliphatic carbocycles. The molecule has 0 atom stereocenters. The van der Waals surface area contributed by atoms with E-state index in [0.717, 1.165) is 17.5 Å². The van der Waals surface area contributed by atoms with E-state index < -0.39 is 0 Å². The van der Waals surface area contributed by atoms with Gasteiger partial charge < -0.3 is 10.1 Å². The Kier molecular flexibility index (Phi) is 6.44. The smallest absolute Gasteiger partial charge is 0.220 e. The molecule has 1 aromatic carbocycles. The number of rotatable bonds is 7. The summed E-state index contributed by atoms with van der Waals surface area (Å²) in [5.74, 6) is 0.687. The van der Waals surface area contributed by atoms with Gasteiger partial charge in [0.1, 0.15) is 0 Å². The number of amides is 1. The van der Waals surface area contributed by atoms with E-state index in [0.29, 0.717) is 25.5 Å². The fraction of sp³-hybridized carbons (Fsp3) is 0.533. The SMILES string of the molecule is COCc1ccccc1CNC(=O)CCC(C)C. The van der Waals surface area contributed by atoms with Crippen LogP contribution >= 0.6 is 0 Å². The summed E-state index contributed by atoms with van der Waals surface area (Å²) in [5.41, 5.74) is 2.25. The molecular weight excluding hydrogens is 226 g/mol. The molecule has 0 aliphatic heterocycles. The monoisotopic (exact) mass is 249 g/mol. The second-order valence-corrected chi connectivity index (χ2v) is 4.91. The zero-order valence-corrected chi connectivity index (χ0v) is 11.5. The zero-order chi connectivity index (χ0) is 13.4. The third-order valence-corrected chi connectivity index (χ3v) is 2.84. The Bertz CT molecular complexity index is 375. The van der Waals surface area contributed by atoms with Crippen molar-refractivity contribution < 1.29 is 9.53 Å². The molecule has 1 N–H and O–H groups in total. The summed E-state index contributed by atoms with van der Waals surface area (Å²) in [4.78, 5) is 11.6. The number of ether oxygens (including phenoxy) is 1. The predicted octanol–water partition coefficient (Wildman–Crippen LogP) is 2.89. The van der Waals surface area contributed by atoms with Crippen LogP contribution in [0.25, 0.3) is 0 Å². The van der Waals surface area contributed by atoms with Crippen LogP contribution < -0.4 is 5.32 Å². The van der Waals surface area contributed by atoms with Crippen LogP contribution in [0, 0.1) is 5.92 Å². The summed E-state index contributed by atoms with van der Waals surface area (Å²) in [6.45, 7) is 5.41. The van der Waals surface area contributed by atoms with Crippen molar-refractivity contribution in [2.24, 2.45) is 5.92 Å². The van der Waals surface area contributed by atoms with Gasteiger partial charge in [-0.15, -0.1) is 0 Å². The van der Waals surface area contributed by atoms with E-state index in [-0.39, 0.29) is 5.91 Å². The number of benzene rings is 1. The van der Waals surface area contributed by atoms with Gasteiger partial charge in [-0.05, 0) is 23.5 Å². The number of nitrogens with one attached hydrogen (secondary N) is 1. The summed E-state index contributed by atoms with van der Waals surface area (Å²) in [5, 5.41) is 2.96. The summed E-state index contributed by atoms with van der Waals surface area (Å²) in [6.07, 6.45) is 1.54. The van der Waals surface area contributed by atoms with E-state index in [2.05, 4.69) is 19.2 Å². The van der Waals surface area contributed by atoms with Crippen molar-refractivity contribution in [3.8, 4) is 0 Å². The van der Waals surface area contributed by atoms with Crippen molar-refractivity contribution >= 4 is 5.91 Å². The molecule has 0 radical (unpaired) electrons. The highest BCUT2D eigenvalue weighted by Gasteiger charge is 2.05. The molecule has 1 aromatic rings. The van der Waals surface area contributed by atoms with E-state index in [1.54, 1.807) is 7.11 Å². The minimum Gasteiger partial charge on any atom is -0.380 e. The molecule has 1 rings (SSSR count). The van der Waals surface area contributed by atoms with Crippen molar-refractivity contribution in [2.75, 3.05) is 7.11 Å². The molecule has 0 fully saturated rings. The lowest BCUT2D eigenvalue weighted by Gasteiger charge is -2.10. The first kappa shape index (κ1) is 14.7. The highest BCUT2D eigenvalue weighted by molar-refractivity contribution is 5.75. The molecule has 3 nitrogen and oxygen atoms in total. The maximum atomic E-state index is 11.6. The van der Waals surface area contributed by atoms with Gasteiger partial charge in [0.05, 0.1) is 6.61 Å². The van der Waals surface area contributed by atoms with Crippen LogP contribution in [-0.2, 0) is 22.7 Å². The minimum atomic E-state index is 0.121. The number of carbonyl (C=O) groups excluding carboxylic acids is 1. The summed E-state index contributed by atoms with van der Waals surface area (Å²) >= 11 is 0. The number of methoxy groups -OCH3 is 1. The lowest BCUT2D eigenvalue weighted by molar-refractivity contribution is -0.121. The molecule has 0 saturated carbocycles.